The number of hydrogen-bond acceptors (Lipinski definition) is 5. The summed E-state index contributed by atoms with van der Waals surface area (Å²) in [6.45, 7) is 2.91. The van der Waals surface area contributed by atoms with E-state index >= 15 is 0 Å². The normalized spacial score (nSPS) is 16.0. The lowest BCUT2D eigenvalue weighted by Crippen LogP contribution is -2.46. The molecule has 3 rings (SSSR count). The van der Waals surface area contributed by atoms with Crippen LogP contribution in [0, 0.1) is 0 Å². The SMILES string of the molecule is FC(F)(F)c1ccc(N2CCN(c3ccncc3)CC2)nn1. The molecule has 22 heavy (non-hydrogen) atoms. The Morgan fingerprint density at radius 3 is 2.00 bits per heavy atom. The van der Waals surface area contributed by atoms with Gasteiger partial charge in [-0.2, -0.15) is 13.2 Å². The highest BCUT2D eigenvalue weighted by Gasteiger charge is 2.33. The van der Waals surface area contributed by atoms with Crippen LogP contribution in [0.1, 0.15) is 5.69 Å². The third-order valence-corrected chi connectivity index (χ3v) is 3.57. The number of pyridine rings is 1. The van der Waals surface area contributed by atoms with Gasteiger partial charge < -0.3 is 9.80 Å². The molecule has 0 saturated carbocycles. The van der Waals surface area contributed by atoms with Crippen molar-refractivity contribution in [1.29, 1.82) is 0 Å². The van der Waals surface area contributed by atoms with E-state index < -0.39 is 11.9 Å². The van der Waals surface area contributed by atoms with E-state index in [1.807, 2.05) is 17.0 Å². The standard InChI is InChI=1S/C14H14F3N5/c15-14(16,17)12-1-2-13(20-19-12)22-9-7-21(8-10-22)11-3-5-18-6-4-11/h1-6H,7-10H2. The minimum atomic E-state index is -4.45. The molecule has 2 aromatic heterocycles. The molecule has 0 aliphatic carbocycles. The van der Waals surface area contributed by atoms with E-state index in [-0.39, 0.29) is 0 Å². The average molecular weight is 309 g/mol. The predicted octanol–water partition coefficient (Wildman–Crippen LogP) is 2.22. The van der Waals surface area contributed by atoms with E-state index in [4.69, 9.17) is 0 Å². The molecule has 0 radical (unpaired) electrons. The van der Waals surface area contributed by atoms with Crippen LogP contribution in [0.5, 0.6) is 0 Å². The Morgan fingerprint density at radius 2 is 1.45 bits per heavy atom. The molecule has 0 unspecified atom stereocenters. The van der Waals surface area contributed by atoms with Crippen LogP contribution in [-0.2, 0) is 6.18 Å². The van der Waals surface area contributed by atoms with Gasteiger partial charge in [0.25, 0.3) is 0 Å². The highest BCUT2D eigenvalue weighted by atomic mass is 19.4. The van der Waals surface area contributed by atoms with E-state index in [0.717, 1.165) is 24.8 Å². The molecule has 0 atom stereocenters. The summed E-state index contributed by atoms with van der Waals surface area (Å²) in [5, 5.41) is 6.96. The third kappa shape index (κ3) is 3.10. The molecule has 1 saturated heterocycles. The summed E-state index contributed by atoms with van der Waals surface area (Å²) in [6, 6.07) is 6.22. The minimum Gasteiger partial charge on any atom is -0.368 e. The molecular weight excluding hydrogens is 295 g/mol. The maximum atomic E-state index is 12.5. The first kappa shape index (κ1) is 14.6. The first-order valence-corrected chi connectivity index (χ1v) is 6.85. The zero-order valence-electron chi connectivity index (χ0n) is 11.7. The summed E-state index contributed by atoms with van der Waals surface area (Å²) in [5.74, 6) is 0.474. The van der Waals surface area contributed by atoms with Gasteiger partial charge in [-0.05, 0) is 24.3 Å². The molecule has 1 aliphatic rings. The van der Waals surface area contributed by atoms with Gasteiger partial charge in [-0.15, -0.1) is 10.2 Å². The second kappa shape index (κ2) is 5.78. The van der Waals surface area contributed by atoms with Crippen molar-refractivity contribution in [3.63, 3.8) is 0 Å². The van der Waals surface area contributed by atoms with Gasteiger partial charge in [-0.3, -0.25) is 4.98 Å². The van der Waals surface area contributed by atoms with Gasteiger partial charge in [0.15, 0.2) is 11.5 Å². The zero-order chi connectivity index (χ0) is 15.6. The lowest BCUT2D eigenvalue weighted by Gasteiger charge is -2.36. The number of anilines is 2. The number of alkyl halides is 3. The van der Waals surface area contributed by atoms with Crippen molar-refractivity contribution in [2.24, 2.45) is 0 Å². The van der Waals surface area contributed by atoms with Crippen LogP contribution >= 0.6 is 0 Å². The first-order chi connectivity index (χ1) is 10.5. The Balaban J connectivity index is 1.64. The van der Waals surface area contributed by atoms with Crippen LogP contribution < -0.4 is 9.80 Å². The Bertz CT molecular complexity index is 607. The Kier molecular flexibility index (Phi) is 3.82. The van der Waals surface area contributed by atoms with Crippen molar-refractivity contribution >= 4 is 11.5 Å². The number of halogens is 3. The van der Waals surface area contributed by atoms with Crippen molar-refractivity contribution < 1.29 is 13.2 Å². The molecule has 2 aromatic rings. The lowest BCUT2D eigenvalue weighted by molar-refractivity contribution is -0.141. The Hall–Kier alpha value is -2.38. The van der Waals surface area contributed by atoms with Crippen LogP contribution in [0.4, 0.5) is 24.7 Å². The summed E-state index contributed by atoms with van der Waals surface area (Å²) >= 11 is 0. The van der Waals surface area contributed by atoms with Crippen molar-refractivity contribution in [3.8, 4) is 0 Å². The minimum absolute atomic E-state index is 0.474. The lowest BCUT2D eigenvalue weighted by atomic mass is 10.2. The molecule has 8 heteroatoms. The first-order valence-electron chi connectivity index (χ1n) is 6.85. The van der Waals surface area contributed by atoms with Crippen molar-refractivity contribution in [1.82, 2.24) is 15.2 Å². The summed E-state index contributed by atoms with van der Waals surface area (Å²) in [4.78, 5) is 8.12. The monoisotopic (exact) mass is 309 g/mol. The molecule has 1 fully saturated rings. The molecule has 1 aliphatic heterocycles. The van der Waals surface area contributed by atoms with E-state index in [0.29, 0.717) is 18.9 Å². The van der Waals surface area contributed by atoms with Crippen molar-refractivity contribution in [3.05, 3.63) is 42.4 Å². The van der Waals surface area contributed by atoms with E-state index in [9.17, 15) is 13.2 Å². The molecule has 116 valence electrons. The smallest absolute Gasteiger partial charge is 0.368 e. The van der Waals surface area contributed by atoms with Gasteiger partial charge in [0.05, 0.1) is 0 Å². The van der Waals surface area contributed by atoms with Crippen molar-refractivity contribution in [2.75, 3.05) is 36.0 Å². The van der Waals surface area contributed by atoms with Gasteiger partial charge in [0, 0.05) is 44.3 Å². The summed E-state index contributed by atoms with van der Waals surface area (Å²) in [7, 11) is 0. The van der Waals surface area contributed by atoms with Gasteiger partial charge in [0.1, 0.15) is 0 Å². The molecule has 0 N–H and O–H groups in total. The van der Waals surface area contributed by atoms with Gasteiger partial charge in [0.2, 0.25) is 0 Å². The van der Waals surface area contributed by atoms with Crippen molar-refractivity contribution in [2.45, 2.75) is 6.18 Å². The molecule has 0 aromatic carbocycles. The second-order valence-corrected chi connectivity index (χ2v) is 4.95. The Morgan fingerprint density at radius 1 is 0.818 bits per heavy atom. The topological polar surface area (TPSA) is 45.2 Å². The largest absolute Gasteiger partial charge is 0.435 e. The summed E-state index contributed by atoms with van der Waals surface area (Å²) in [6.07, 6.45) is -0.975. The molecule has 0 amide bonds. The number of rotatable bonds is 2. The quantitative estimate of drug-likeness (QED) is 0.851. The van der Waals surface area contributed by atoms with Crippen LogP contribution in [0.15, 0.2) is 36.7 Å². The van der Waals surface area contributed by atoms with Gasteiger partial charge in [-0.25, -0.2) is 0 Å². The molecular formula is C14H14F3N5. The molecule has 0 spiro atoms. The van der Waals surface area contributed by atoms with Crippen LogP contribution in [0.2, 0.25) is 0 Å². The fraction of sp³-hybridized carbons (Fsp3) is 0.357. The van der Waals surface area contributed by atoms with Crippen LogP contribution in [0.25, 0.3) is 0 Å². The zero-order valence-corrected chi connectivity index (χ0v) is 11.7. The molecule has 0 bridgehead atoms. The molecule has 5 nitrogen and oxygen atoms in total. The highest BCUT2D eigenvalue weighted by molar-refractivity contribution is 5.48. The maximum Gasteiger partial charge on any atom is 0.435 e. The summed E-state index contributed by atoms with van der Waals surface area (Å²) < 4.78 is 37.4. The third-order valence-electron chi connectivity index (χ3n) is 3.57. The Labute approximate surface area is 125 Å². The van der Waals surface area contributed by atoms with Crippen LogP contribution in [0.3, 0.4) is 0 Å². The van der Waals surface area contributed by atoms with Gasteiger partial charge in [-0.1, -0.05) is 0 Å². The van der Waals surface area contributed by atoms with Gasteiger partial charge >= 0.3 is 6.18 Å². The number of nitrogens with zero attached hydrogens (tertiary/aromatic N) is 5. The van der Waals surface area contributed by atoms with Crippen LogP contribution in [-0.4, -0.2) is 41.4 Å². The van der Waals surface area contributed by atoms with E-state index in [1.54, 1.807) is 12.4 Å². The number of aromatic nitrogens is 3. The van der Waals surface area contributed by atoms with E-state index in [1.165, 1.54) is 6.07 Å². The fourth-order valence-corrected chi connectivity index (χ4v) is 2.39. The number of hydrogen-bond donors (Lipinski definition) is 0. The second-order valence-electron chi connectivity index (χ2n) is 4.95. The highest BCUT2D eigenvalue weighted by Crippen LogP contribution is 2.27. The summed E-state index contributed by atoms with van der Waals surface area (Å²) in [5.41, 5.74) is 0.125. The number of piperazine rings is 1. The maximum absolute atomic E-state index is 12.5. The van der Waals surface area contributed by atoms with E-state index in [2.05, 4.69) is 20.1 Å². The fourth-order valence-electron chi connectivity index (χ4n) is 2.39. The predicted molar refractivity (Wildman–Crippen MR) is 75.7 cm³/mol. The average Bonchev–Trinajstić information content (AvgIpc) is 2.55. The molecule has 3 heterocycles.